The van der Waals surface area contributed by atoms with Gasteiger partial charge in [-0.25, -0.2) is 42.4 Å². The van der Waals surface area contributed by atoms with Gasteiger partial charge in [-0.1, -0.05) is 0 Å². The molecule has 4 heterocycles. The van der Waals surface area contributed by atoms with Crippen molar-refractivity contribution in [1.29, 1.82) is 0 Å². The lowest BCUT2D eigenvalue weighted by atomic mass is 10.1. The standard InChI is InChI=1S/C30H38N8O14/c39-20(6-4-18(27(48)49)32-29(52)33-19(28(50)51)5-7-23(40)41)31-17(26(46)47)3-1-2-12-38-15-21-34(13-24(42)43)8-10-36(21)30(38)37-11-9-35(14-25(44)45)22(37)16-38/h8-11,17-19,30H,1-7,12-16H2,(H6-3,31,32,33,39,40,41,42,43,44,45,46,47,48,49,50,51,52)/p+3. The van der Waals surface area contributed by atoms with Gasteiger partial charge in [-0.15, -0.1) is 9.13 Å². The maximum atomic E-state index is 12.7. The summed E-state index contributed by atoms with van der Waals surface area (Å²) in [5, 5.41) is 62.4. The van der Waals surface area contributed by atoms with Gasteiger partial charge in [0.2, 0.25) is 5.91 Å². The summed E-state index contributed by atoms with van der Waals surface area (Å²) in [7, 11) is 0. The van der Waals surface area contributed by atoms with E-state index in [1.165, 1.54) is 0 Å². The summed E-state index contributed by atoms with van der Waals surface area (Å²) in [5.41, 5.74) is 0. The summed E-state index contributed by atoms with van der Waals surface area (Å²) < 4.78 is 7.59. The van der Waals surface area contributed by atoms with Crippen LogP contribution in [0.3, 0.4) is 0 Å². The van der Waals surface area contributed by atoms with E-state index in [9.17, 15) is 63.9 Å². The fraction of sp³-hybridized carbons (Fsp3) is 0.533. The van der Waals surface area contributed by atoms with E-state index in [0.717, 1.165) is 11.6 Å². The van der Waals surface area contributed by atoms with E-state index in [-0.39, 0.29) is 25.8 Å². The highest BCUT2D eigenvalue weighted by molar-refractivity contribution is 5.87. The molecule has 0 radical (unpaired) electrons. The third-order valence-electron chi connectivity index (χ3n) is 9.08. The number of carboxylic acid groups (broad SMARTS) is 6. The van der Waals surface area contributed by atoms with Gasteiger partial charge >= 0.3 is 59.8 Å². The number of hydrogen-bond acceptors (Lipinski definition) is 8. The molecule has 52 heavy (non-hydrogen) atoms. The van der Waals surface area contributed by atoms with Crippen molar-refractivity contribution in [2.45, 2.75) is 95.5 Å². The fourth-order valence-electron chi connectivity index (χ4n) is 6.72. The molecule has 0 fully saturated rings. The lowest BCUT2D eigenvalue weighted by Crippen LogP contribution is -2.51. The first-order valence-corrected chi connectivity index (χ1v) is 16.3. The number of unbranched alkanes of at least 4 members (excludes halogenated alkanes) is 1. The Kier molecular flexibility index (Phi) is 12.1. The Hall–Kier alpha value is -6.06. The summed E-state index contributed by atoms with van der Waals surface area (Å²) in [5.74, 6) is -7.03. The van der Waals surface area contributed by atoms with E-state index in [1.54, 1.807) is 33.9 Å². The van der Waals surface area contributed by atoms with E-state index >= 15 is 0 Å². The number of nitrogens with zero attached hydrogens (tertiary/aromatic N) is 5. The number of quaternary nitrogens is 1. The summed E-state index contributed by atoms with van der Waals surface area (Å²) >= 11 is 0. The minimum absolute atomic E-state index is 0.0122. The Morgan fingerprint density at radius 3 is 1.56 bits per heavy atom. The number of nitrogens with one attached hydrogen (secondary N) is 3. The number of aliphatic carboxylic acids is 6. The zero-order valence-electron chi connectivity index (χ0n) is 27.8. The fourth-order valence-corrected chi connectivity index (χ4v) is 6.72. The molecule has 3 atom stereocenters. The average Bonchev–Trinajstić information content (AvgIpc) is 3.76. The molecule has 2 aliphatic rings. The number of carbonyl (C=O) groups excluding carboxylic acids is 2. The minimum Gasteiger partial charge on any atom is -0.481 e. The van der Waals surface area contributed by atoms with E-state index in [2.05, 4.69) is 5.32 Å². The van der Waals surface area contributed by atoms with Crippen LogP contribution in [-0.2, 0) is 59.7 Å². The van der Waals surface area contributed by atoms with Gasteiger partial charge in [0, 0.05) is 12.8 Å². The van der Waals surface area contributed by atoms with Crippen molar-refractivity contribution in [3.8, 4) is 0 Å². The lowest BCUT2D eigenvalue weighted by molar-refractivity contribution is -0.982. The zero-order chi connectivity index (χ0) is 38.3. The Morgan fingerprint density at radius 2 is 1.12 bits per heavy atom. The topological polar surface area (TPSA) is 312 Å². The largest absolute Gasteiger partial charge is 0.481 e. The Balaban J connectivity index is 1.33. The molecule has 0 aromatic carbocycles. The minimum atomic E-state index is -1.66. The molecule has 3 unspecified atom stereocenters. The molecule has 282 valence electrons. The normalized spacial score (nSPS) is 18.6. The number of carboxylic acids is 6. The molecule has 2 aromatic rings. The maximum absolute atomic E-state index is 12.7. The third-order valence-corrected chi connectivity index (χ3v) is 9.08. The molecule has 4 rings (SSSR count). The highest BCUT2D eigenvalue weighted by atomic mass is 16.4. The number of aromatic nitrogens is 4. The number of urea groups is 1. The van der Waals surface area contributed by atoms with E-state index in [4.69, 9.17) is 5.11 Å². The zero-order valence-corrected chi connectivity index (χ0v) is 27.8. The van der Waals surface area contributed by atoms with E-state index in [0.29, 0.717) is 37.0 Å². The van der Waals surface area contributed by atoms with Gasteiger partial charge in [-0.05, 0) is 32.1 Å². The smallest absolute Gasteiger partial charge is 0.380 e. The van der Waals surface area contributed by atoms with Crippen LogP contribution in [0.1, 0.15) is 62.9 Å². The molecular formula is C30H41N8O14+3. The number of hydrogen-bond donors (Lipinski definition) is 9. The second-order valence-corrected chi connectivity index (χ2v) is 12.7. The first-order chi connectivity index (χ1) is 24.5. The predicted molar refractivity (Wildman–Crippen MR) is 166 cm³/mol. The number of imidazole rings is 2. The van der Waals surface area contributed by atoms with Crippen molar-refractivity contribution in [2.75, 3.05) is 6.54 Å². The Morgan fingerprint density at radius 1 is 0.654 bits per heavy atom. The van der Waals surface area contributed by atoms with E-state index < -0.39 is 91.6 Å². The molecule has 0 aliphatic carbocycles. The molecule has 3 amide bonds. The molecular weight excluding hydrogens is 696 g/mol. The SMILES string of the molecule is O=C(O)CCC(NC(=O)NC(CCC(=O)NC(CCCC[N+]12Cc3n(cc[n+]3CC(=O)O)C1n1cc[n+](CC(=O)O)c1C2)C(=O)O)C(=O)O)C(=O)O. The second-order valence-electron chi connectivity index (χ2n) is 12.7. The first kappa shape index (κ1) is 38.7. The van der Waals surface area contributed by atoms with Crippen LogP contribution in [0.4, 0.5) is 4.79 Å². The van der Waals surface area contributed by atoms with Crippen molar-refractivity contribution in [3.05, 3.63) is 36.4 Å². The highest BCUT2D eigenvalue weighted by Crippen LogP contribution is 2.42. The molecule has 0 saturated heterocycles. The first-order valence-electron chi connectivity index (χ1n) is 16.3. The van der Waals surface area contributed by atoms with Gasteiger partial charge in [-0.2, -0.15) is 0 Å². The van der Waals surface area contributed by atoms with Crippen LogP contribution in [0.2, 0.25) is 0 Å². The van der Waals surface area contributed by atoms with Crippen LogP contribution in [0.15, 0.2) is 24.8 Å². The van der Waals surface area contributed by atoms with Gasteiger partial charge in [0.1, 0.15) is 42.9 Å². The van der Waals surface area contributed by atoms with Crippen molar-refractivity contribution >= 4 is 47.8 Å². The molecule has 22 nitrogen and oxygen atoms in total. The summed E-state index contributed by atoms with van der Waals surface area (Å²) in [6.45, 7) is 0.858. The Bertz CT molecular complexity index is 1690. The monoisotopic (exact) mass is 737 g/mol. The number of amides is 3. The average molecular weight is 738 g/mol. The van der Waals surface area contributed by atoms with Gasteiger partial charge in [0.05, 0.1) is 6.54 Å². The molecule has 0 saturated carbocycles. The van der Waals surface area contributed by atoms with Crippen molar-refractivity contribution < 1.29 is 82.6 Å². The molecule has 0 spiro atoms. The molecule has 22 heteroatoms. The van der Waals surface area contributed by atoms with Gasteiger partial charge < -0.3 is 46.6 Å². The predicted octanol–water partition coefficient (Wildman–Crippen LogP) is -2.53. The molecule has 2 aromatic heterocycles. The van der Waals surface area contributed by atoms with Crippen LogP contribution in [0, 0.1) is 0 Å². The summed E-state index contributed by atoms with van der Waals surface area (Å²) in [6.07, 6.45) is 5.39. The van der Waals surface area contributed by atoms with Gasteiger partial charge in [0.25, 0.3) is 0 Å². The lowest BCUT2D eigenvalue weighted by Gasteiger charge is -2.28. The van der Waals surface area contributed by atoms with Crippen molar-refractivity contribution in [3.63, 3.8) is 0 Å². The molecule has 0 bridgehead atoms. The Labute approximate surface area is 294 Å². The number of rotatable bonds is 21. The van der Waals surface area contributed by atoms with Crippen molar-refractivity contribution in [1.82, 2.24) is 25.1 Å². The van der Waals surface area contributed by atoms with Crippen LogP contribution < -0.4 is 25.1 Å². The van der Waals surface area contributed by atoms with E-state index in [1.807, 2.05) is 19.8 Å². The van der Waals surface area contributed by atoms with Gasteiger partial charge in [-0.3, -0.25) is 9.59 Å². The molecule has 9 N–H and O–H groups in total. The highest BCUT2D eigenvalue weighted by Gasteiger charge is 2.62. The summed E-state index contributed by atoms with van der Waals surface area (Å²) in [4.78, 5) is 93.6. The number of carbonyl (C=O) groups is 8. The van der Waals surface area contributed by atoms with Crippen LogP contribution in [-0.4, -0.2) is 117 Å². The van der Waals surface area contributed by atoms with Crippen LogP contribution >= 0.6 is 0 Å². The van der Waals surface area contributed by atoms with Crippen LogP contribution in [0.5, 0.6) is 0 Å². The number of fused-ring (bicyclic) bond motifs is 5. The van der Waals surface area contributed by atoms with Gasteiger partial charge in [0.15, 0.2) is 26.2 Å². The maximum Gasteiger partial charge on any atom is 0.380 e. The quantitative estimate of drug-likeness (QED) is 0.0363. The van der Waals surface area contributed by atoms with Crippen LogP contribution in [0.25, 0.3) is 0 Å². The second kappa shape index (κ2) is 16.3. The third kappa shape index (κ3) is 9.18. The molecule has 2 aliphatic heterocycles. The van der Waals surface area contributed by atoms with Crippen molar-refractivity contribution in [2.24, 2.45) is 0 Å². The summed E-state index contributed by atoms with van der Waals surface area (Å²) in [6, 6.07) is -5.82.